The standard InChI is InChI=1S/C12H16NO/c1-13(2)8-9-14-10-12(13)11-6-4-3-5-7-11/h1,3-7,12H,8-10H2,2H3. The molecule has 1 radical (unpaired) electrons. The van der Waals surface area contributed by atoms with Crippen LogP contribution >= 0.6 is 0 Å². The summed E-state index contributed by atoms with van der Waals surface area (Å²) in [7, 11) is 8.27. The number of rotatable bonds is 1. The number of nitrogens with zero attached hydrogens (tertiary/aromatic N) is 1. The summed E-state index contributed by atoms with van der Waals surface area (Å²) in [5.74, 6) is 0. The molecule has 0 spiro atoms. The van der Waals surface area contributed by atoms with Crippen molar-refractivity contribution in [3.05, 3.63) is 42.9 Å². The number of morpholine rings is 1. The predicted molar refractivity (Wildman–Crippen MR) is 55.4 cm³/mol. The first kappa shape index (κ1) is 9.69. The Balaban J connectivity index is 2.24. The van der Waals surface area contributed by atoms with E-state index < -0.39 is 0 Å². The lowest BCUT2D eigenvalue weighted by molar-refractivity contribution is -0.906. The fourth-order valence-corrected chi connectivity index (χ4v) is 1.89. The second kappa shape index (κ2) is 3.71. The molecule has 0 saturated carbocycles. The Morgan fingerprint density at radius 3 is 2.71 bits per heavy atom. The smallest absolute Gasteiger partial charge is 0.113 e. The largest absolute Gasteiger partial charge is 0.469 e. The highest BCUT2D eigenvalue weighted by Crippen LogP contribution is 2.28. The van der Waals surface area contributed by atoms with Gasteiger partial charge in [-0.1, -0.05) is 30.3 Å². The predicted octanol–water partition coefficient (Wildman–Crippen LogP) is 1.87. The molecule has 1 heterocycles. The van der Waals surface area contributed by atoms with Gasteiger partial charge in [0, 0.05) is 12.6 Å². The first-order valence-corrected chi connectivity index (χ1v) is 4.96. The van der Waals surface area contributed by atoms with Crippen molar-refractivity contribution in [2.75, 3.05) is 26.8 Å². The summed E-state index contributed by atoms with van der Waals surface area (Å²) in [6.07, 6.45) is 0. The third-order valence-corrected chi connectivity index (χ3v) is 2.89. The molecule has 2 atom stereocenters. The van der Waals surface area contributed by atoms with Crippen LogP contribution in [0, 0.1) is 7.05 Å². The summed E-state index contributed by atoms with van der Waals surface area (Å²) in [4.78, 5) is 0. The van der Waals surface area contributed by atoms with Gasteiger partial charge in [0.25, 0.3) is 0 Å². The lowest BCUT2D eigenvalue weighted by Gasteiger charge is -2.49. The van der Waals surface area contributed by atoms with Crippen molar-refractivity contribution in [2.24, 2.45) is 0 Å². The van der Waals surface area contributed by atoms with Gasteiger partial charge in [0.15, 0.2) is 0 Å². The quantitative estimate of drug-likeness (QED) is 0.485. The molecular formula is C12H16NO. The van der Waals surface area contributed by atoms with Crippen molar-refractivity contribution < 1.29 is 9.22 Å². The van der Waals surface area contributed by atoms with Gasteiger partial charge in [-0.2, -0.15) is 0 Å². The topological polar surface area (TPSA) is 9.23 Å². The van der Waals surface area contributed by atoms with Crippen LogP contribution in [0.3, 0.4) is 0 Å². The molecule has 1 fully saturated rings. The summed E-state index contributed by atoms with van der Waals surface area (Å²) in [6.45, 7) is 2.35. The average Bonchev–Trinajstić information content (AvgIpc) is 2.18. The molecule has 2 heteroatoms. The fraction of sp³-hybridized carbons (Fsp3) is 0.417. The SMILES string of the molecule is [CH-][N+]1(C)CCOCC1c1ccccc1. The highest BCUT2D eigenvalue weighted by atomic mass is 16.5. The summed E-state index contributed by atoms with van der Waals surface area (Å²) in [6, 6.07) is 10.6. The van der Waals surface area contributed by atoms with Gasteiger partial charge in [0.1, 0.15) is 12.6 Å². The Bertz CT molecular complexity index is 294. The van der Waals surface area contributed by atoms with E-state index in [1.54, 1.807) is 0 Å². The Morgan fingerprint density at radius 1 is 1.36 bits per heavy atom. The molecule has 0 amide bonds. The van der Waals surface area contributed by atoms with Crippen molar-refractivity contribution in [1.82, 2.24) is 0 Å². The summed E-state index contributed by atoms with van der Waals surface area (Å²) < 4.78 is 6.01. The number of hydrogen-bond acceptors (Lipinski definition) is 1. The van der Waals surface area contributed by atoms with Gasteiger partial charge in [-0.05, 0) is 0 Å². The van der Waals surface area contributed by atoms with Crippen molar-refractivity contribution in [1.29, 1.82) is 0 Å². The van der Waals surface area contributed by atoms with E-state index in [9.17, 15) is 0 Å². The van der Waals surface area contributed by atoms with E-state index in [-0.39, 0.29) is 6.04 Å². The van der Waals surface area contributed by atoms with E-state index in [2.05, 4.69) is 19.2 Å². The molecule has 2 rings (SSSR count). The molecule has 2 unspecified atom stereocenters. The van der Waals surface area contributed by atoms with E-state index in [0.717, 1.165) is 19.8 Å². The second-order valence-corrected chi connectivity index (χ2v) is 4.07. The van der Waals surface area contributed by atoms with Crippen LogP contribution in [0.2, 0.25) is 0 Å². The first-order valence-electron chi connectivity index (χ1n) is 4.96. The number of ether oxygens (including phenoxy) is 1. The Kier molecular flexibility index (Phi) is 2.57. The molecule has 1 aliphatic rings. The third-order valence-electron chi connectivity index (χ3n) is 2.89. The summed E-state index contributed by atoms with van der Waals surface area (Å²) >= 11 is 0. The van der Waals surface area contributed by atoms with Crippen LogP contribution in [0.25, 0.3) is 0 Å². The van der Waals surface area contributed by atoms with Crippen LogP contribution in [0.1, 0.15) is 11.6 Å². The molecule has 0 aromatic heterocycles. The summed E-state index contributed by atoms with van der Waals surface area (Å²) in [5.41, 5.74) is 1.26. The lowest BCUT2D eigenvalue weighted by Crippen LogP contribution is -2.49. The average molecular weight is 190 g/mol. The van der Waals surface area contributed by atoms with Crippen LogP contribution < -0.4 is 0 Å². The minimum Gasteiger partial charge on any atom is -0.469 e. The van der Waals surface area contributed by atoms with Crippen molar-refractivity contribution in [3.8, 4) is 0 Å². The second-order valence-electron chi connectivity index (χ2n) is 4.07. The van der Waals surface area contributed by atoms with E-state index in [0.29, 0.717) is 4.48 Å². The number of quaternary nitrogens is 1. The lowest BCUT2D eigenvalue weighted by atomic mass is 10.0. The van der Waals surface area contributed by atoms with Crippen LogP contribution in [0.15, 0.2) is 30.3 Å². The van der Waals surface area contributed by atoms with Crippen molar-refractivity contribution >= 4 is 0 Å². The first-order chi connectivity index (χ1) is 6.70. The normalized spacial score (nSPS) is 32.9. The summed E-state index contributed by atoms with van der Waals surface area (Å²) in [5, 5.41) is 0. The molecule has 1 aromatic rings. The maximum absolute atomic E-state index is 6.21. The van der Waals surface area contributed by atoms with Gasteiger partial charge < -0.3 is 9.22 Å². The zero-order chi connectivity index (χ0) is 10.0. The monoisotopic (exact) mass is 190 g/mol. The van der Waals surface area contributed by atoms with Gasteiger partial charge in [-0.15, -0.1) is 0 Å². The van der Waals surface area contributed by atoms with Gasteiger partial charge in [-0.25, -0.2) is 7.05 Å². The van der Waals surface area contributed by atoms with E-state index in [4.69, 9.17) is 11.8 Å². The number of likely N-dealkylation sites (N-methyl/N-ethyl adjacent to an activating group) is 1. The van der Waals surface area contributed by atoms with Crippen LogP contribution in [0.5, 0.6) is 0 Å². The van der Waals surface area contributed by atoms with E-state index in [1.165, 1.54) is 5.56 Å². The third kappa shape index (κ3) is 1.81. The van der Waals surface area contributed by atoms with E-state index in [1.807, 2.05) is 18.2 Å². The van der Waals surface area contributed by atoms with Gasteiger partial charge in [0.05, 0.1) is 13.2 Å². The minimum absolute atomic E-state index is 0.268. The maximum Gasteiger partial charge on any atom is 0.113 e. The highest BCUT2D eigenvalue weighted by molar-refractivity contribution is 5.17. The molecule has 1 saturated heterocycles. The molecule has 0 aliphatic carbocycles. The Labute approximate surface area is 85.7 Å². The zero-order valence-corrected chi connectivity index (χ0v) is 8.52. The molecule has 1 aromatic carbocycles. The number of hydrogen-bond donors (Lipinski definition) is 0. The number of benzene rings is 1. The van der Waals surface area contributed by atoms with Crippen LogP contribution in [-0.4, -0.2) is 31.3 Å². The van der Waals surface area contributed by atoms with E-state index >= 15 is 0 Å². The van der Waals surface area contributed by atoms with Gasteiger partial charge in [0.2, 0.25) is 0 Å². The van der Waals surface area contributed by atoms with Crippen LogP contribution in [0.4, 0.5) is 0 Å². The Hall–Kier alpha value is -0.860. The van der Waals surface area contributed by atoms with Gasteiger partial charge >= 0.3 is 0 Å². The molecule has 2 nitrogen and oxygen atoms in total. The molecule has 14 heavy (non-hydrogen) atoms. The maximum atomic E-state index is 6.21. The fourth-order valence-electron chi connectivity index (χ4n) is 1.89. The molecule has 0 bridgehead atoms. The van der Waals surface area contributed by atoms with Gasteiger partial charge in [-0.3, -0.25) is 0 Å². The molecule has 0 N–H and O–H groups in total. The van der Waals surface area contributed by atoms with Crippen molar-refractivity contribution in [3.63, 3.8) is 0 Å². The zero-order valence-electron chi connectivity index (χ0n) is 8.52. The molecule has 1 aliphatic heterocycles. The van der Waals surface area contributed by atoms with Crippen LogP contribution in [-0.2, 0) is 4.74 Å². The minimum atomic E-state index is 0.268. The highest BCUT2D eigenvalue weighted by Gasteiger charge is 2.27. The molecule has 75 valence electrons. The Morgan fingerprint density at radius 2 is 2.07 bits per heavy atom. The van der Waals surface area contributed by atoms with Crippen molar-refractivity contribution in [2.45, 2.75) is 6.04 Å². The molecular weight excluding hydrogens is 174 g/mol.